The minimum Gasteiger partial charge on any atom is -0.331 e. The van der Waals surface area contributed by atoms with Crippen LogP contribution in [-0.2, 0) is 10.0 Å². The number of halogens is 1. The SMILES string of the molecule is Cc1ccc(S(=O)(=O)N2CCN(C(=O)NC(c3ccc(Cl)cc3)C3CC3)CC2)cc1. The highest BCUT2D eigenvalue weighted by Crippen LogP contribution is 2.41. The predicted molar refractivity (Wildman–Crippen MR) is 117 cm³/mol. The summed E-state index contributed by atoms with van der Waals surface area (Å²) < 4.78 is 27.2. The molecule has 2 aromatic carbocycles. The fourth-order valence-corrected chi connectivity index (χ4v) is 5.34. The van der Waals surface area contributed by atoms with E-state index >= 15 is 0 Å². The molecule has 2 aliphatic rings. The number of hydrogen-bond donors (Lipinski definition) is 1. The number of nitrogens with one attached hydrogen (secondary N) is 1. The first-order chi connectivity index (χ1) is 14.3. The molecule has 6 nitrogen and oxygen atoms in total. The second-order valence-corrected chi connectivity index (χ2v) is 10.4. The Bertz CT molecular complexity index is 997. The summed E-state index contributed by atoms with van der Waals surface area (Å²) in [6.07, 6.45) is 2.19. The van der Waals surface area contributed by atoms with Gasteiger partial charge in [0, 0.05) is 31.2 Å². The van der Waals surface area contributed by atoms with Crippen LogP contribution in [0.3, 0.4) is 0 Å². The van der Waals surface area contributed by atoms with Crippen LogP contribution in [0.15, 0.2) is 53.4 Å². The van der Waals surface area contributed by atoms with Crippen LogP contribution in [0.2, 0.25) is 5.02 Å². The summed E-state index contributed by atoms with van der Waals surface area (Å²) in [7, 11) is -3.54. The van der Waals surface area contributed by atoms with Crippen molar-refractivity contribution >= 4 is 27.7 Å². The Labute approximate surface area is 182 Å². The molecule has 2 aromatic rings. The molecule has 1 saturated heterocycles. The third-order valence-electron chi connectivity index (χ3n) is 5.79. The summed E-state index contributed by atoms with van der Waals surface area (Å²) in [5.74, 6) is 0.443. The molecule has 1 aliphatic heterocycles. The van der Waals surface area contributed by atoms with Crippen molar-refractivity contribution in [2.75, 3.05) is 26.2 Å². The largest absolute Gasteiger partial charge is 0.331 e. The maximum Gasteiger partial charge on any atom is 0.317 e. The van der Waals surface area contributed by atoms with Crippen molar-refractivity contribution in [3.63, 3.8) is 0 Å². The third kappa shape index (κ3) is 4.63. The van der Waals surface area contributed by atoms with Gasteiger partial charge in [-0.1, -0.05) is 41.4 Å². The zero-order valence-electron chi connectivity index (χ0n) is 16.9. The number of piperazine rings is 1. The van der Waals surface area contributed by atoms with Crippen molar-refractivity contribution in [1.29, 1.82) is 0 Å². The van der Waals surface area contributed by atoms with Crippen molar-refractivity contribution < 1.29 is 13.2 Å². The zero-order valence-corrected chi connectivity index (χ0v) is 18.5. The Hall–Kier alpha value is -2.09. The van der Waals surface area contributed by atoms with E-state index in [2.05, 4.69) is 5.32 Å². The van der Waals surface area contributed by atoms with Crippen LogP contribution in [0.4, 0.5) is 4.79 Å². The number of rotatable bonds is 5. The quantitative estimate of drug-likeness (QED) is 0.757. The molecule has 2 amide bonds. The maximum absolute atomic E-state index is 12.9. The summed E-state index contributed by atoms with van der Waals surface area (Å²) in [4.78, 5) is 14.9. The van der Waals surface area contributed by atoms with Crippen molar-refractivity contribution in [1.82, 2.24) is 14.5 Å². The standard InChI is InChI=1S/C22H26ClN3O3S/c1-16-2-10-20(11-3-16)30(28,29)26-14-12-25(13-15-26)22(27)24-21(17-4-5-17)18-6-8-19(23)9-7-18/h2-3,6-11,17,21H,4-5,12-15H2,1H3,(H,24,27). The smallest absolute Gasteiger partial charge is 0.317 e. The maximum atomic E-state index is 12.9. The van der Waals surface area contributed by atoms with Gasteiger partial charge < -0.3 is 10.2 Å². The van der Waals surface area contributed by atoms with Gasteiger partial charge in [-0.05, 0) is 55.5 Å². The molecule has 0 radical (unpaired) electrons. The first-order valence-electron chi connectivity index (χ1n) is 10.2. The van der Waals surface area contributed by atoms with Crippen LogP contribution in [0.25, 0.3) is 0 Å². The first-order valence-corrected chi connectivity index (χ1v) is 12.0. The van der Waals surface area contributed by atoms with Crippen molar-refractivity contribution in [2.24, 2.45) is 5.92 Å². The van der Waals surface area contributed by atoms with E-state index in [-0.39, 0.29) is 12.1 Å². The van der Waals surface area contributed by atoms with Crippen LogP contribution in [0, 0.1) is 12.8 Å². The summed E-state index contributed by atoms with van der Waals surface area (Å²) in [6.45, 7) is 3.24. The van der Waals surface area contributed by atoms with Gasteiger partial charge in [-0.15, -0.1) is 0 Å². The summed E-state index contributed by atoms with van der Waals surface area (Å²) in [6, 6.07) is 14.3. The van der Waals surface area contributed by atoms with Gasteiger partial charge in [0.1, 0.15) is 0 Å². The number of urea groups is 1. The fraction of sp³-hybridized carbons (Fsp3) is 0.409. The Balaban J connectivity index is 1.38. The van der Waals surface area contributed by atoms with Crippen LogP contribution in [0.5, 0.6) is 0 Å². The molecule has 30 heavy (non-hydrogen) atoms. The Morgan fingerprint density at radius 3 is 2.17 bits per heavy atom. The summed E-state index contributed by atoms with van der Waals surface area (Å²) in [5, 5.41) is 3.82. The second-order valence-electron chi connectivity index (χ2n) is 8.02. The number of amides is 2. The van der Waals surface area contributed by atoms with Gasteiger partial charge in [0.05, 0.1) is 10.9 Å². The van der Waals surface area contributed by atoms with E-state index in [1.807, 2.05) is 31.2 Å². The molecular formula is C22H26ClN3O3S. The molecule has 0 bridgehead atoms. The topological polar surface area (TPSA) is 69.7 Å². The highest BCUT2D eigenvalue weighted by molar-refractivity contribution is 7.89. The van der Waals surface area contributed by atoms with Crippen molar-refractivity contribution in [2.45, 2.75) is 30.7 Å². The Morgan fingerprint density at radius 2 is 1.60 bits per heavy atom. The highest BCUT2D eigenvalue weighted by Gasteiger charge is 2.35. The number of aryl methyl sites for hydroxylation is 1. The monoisotopic (exact) mass is 447 g/mol. The lowest BCUT2D eigenvalue weighted by Crippen LogP contribution is -2.53. The van der Waals surface area contributed by atoms with Gasteiger partial charge in [-0.2, -0.15) is 4.31 Å². The molecule has 2 fully saturated rings. The normalized spacial score (nSPS) is 18.8. The van der Waals surface area contributed by atoms with Crippen LogP contribution in [0.1, 0.15) is 30.0 Å². The van der Waals surface area contributed by atoms with Crippen LogP contribution >= 0.6 is 11.6 Å². The van der Waals surface area contributed by atoms with E-state index in [1.54, 1.807) is 29.2 Å². The minimum atomic E-state index is -3.54. The lowest BCUT2D eigenvalue weighted by atomic mass is 10.0. The summed E-state index contributed by atoms with van der Waals surface area (Å²) in [5.41, 5.74) is 2.07. The highest BCUT2D eigenvalue weighted by atomic mass is 35.5. The lowest BCUT2D eigenvalue weighted by Gasteiger charge is -2.35. The molecule has 0 spiro atoms. The van der Waals surface area contributed by atoms with Crippen LogP contribution in [-0.4, -0.2) is 49.8 Å². The van der Waals surface area contributed by atoms with Crippen molar-refractivity contribution in [3.8, 4) is 0 Å². The molecule has 160 valence electrons. The van der Waals surface area contributed by atoms with E-state index < -0.39 is 10.0 Å². The first kappa shape index (κ1) is 21.2. The van der Waals surface area contributed by atoms with Gasteiger partial charge >= 0.3 is 6.03 Å². The molecule has 1 aliphatic carbocycles. The zero-order chi connectivity index (χ0) is 21.3. The molecule has 1 saturated carbocycles. The number of sulfonamides is 1. The van der Waals surface area contributed by atoms with Gasteiger partial charge in [0.15, 0.2) is 0 Å². The molecule has 1 unspecified atom stereocenters. The molecule has 8 heteroatoms. The summed E-state index contributed by atoms with van der Waals surface area (Å²) >= 11 is 5.99. The average molecular weight is 448 g/mol. The number of carbonyl (C=O) groups is 1. The molecular weight excluding hydrogens is 422 g/mol. The number of nitrogens with zero attached hydrogens (tertiary/aromatic N) is 2. The van der Waals surface area contributed by atoms with E-state index in [0.29, 0.717) is 42.0 Å². The van der Waals surface area contributed by atoms with E-state index in [4.69, 9.17) is 11.6 Å². The fourth-order valence-electron chi connectivity index (χ4n) is 3.79. The van der Waals surface area contributed by atoms with E-state index in [0.717, 1.165) is 24.0 Å². The second kappa shape index (κ2) is 8.57. The van der Waals surface area contributed by atoms with Crippen molar-refractivity contribution in [3.05, 3.63) is 64.7 Å². The van der Waals surface area contributed by atoms with E-state index in [9.17, 15) is 13.2 Å². The Kier molecular flexibility index (Phi) is 6.04. The van der Waals surface area contributed by atoms with Crippen LogP contribution < -0.4 is 5.32 Å². The predicted octanol–water partition coefficient (Wildman–Crippen LogP) is 3.82. The molecule has 0 aromatic heterocycles. The average Bonchev–Trinajstić information content (AvgIpc) is 3.58. The third-order valence-corrected chi connectivity index (χ3v) is 7.95. The number of hydrogen-bond acceptors (Lipinski definition) is 3. The van der Waals surface area contributed by atoms with Gasteiger partial charge in [0.2, 0.25) is 10.0 Å². The minimum absolute atomic E-state index is 0.0379. The van der Waals surface area contributed by atoms with Gasteiger partial charge in [0.25, 0.3) is 0 Å². The van der Waals surface area contributed by atoms with E-state index in [1.165, 1.54) is 4.31 Å². The molecule has 1 N–H and O–H groups in total. The molecule has 1 heterocycles. The molecule has 1 atom stereocenters. The van der Waals surface area contributed by atoms with Gasteiger partial charge in [-0.3, -0.25) is 0 Å². The molecule has 4 rings (SSSR count). The van der Waals surface area contributed by atoms with Gasteiger partial charge in [-0.25, -0.2) is 13.2 Å². The number of benzene rings is 2. The number of carbonyl (C=O) groups excluding carboxylic acids is 1. The Morgan fingerprint density at radius 1 is 1.00 bits per heavy atom. The lowest BCUT2D eigenvalue weighted by molar-refractivity contribution is 0.167.